The molecule has 4 nitrogen and oxygen atoms in total. The first-order valence-corrected chi connectivity index (χ1v) is 7.98. The van der Waals surface area contributed by atoms with Gasteiger partial charge in [-0.25, -0.2) is 4.79 Å². The van der Waals surface area contributed by atoms with Crippen LogP contribution < -0.4 is 0 Å². The molecule has 3 atom stereocenters. The third kappa shape index (κ3) is 4.03. The molecular weight excluding hydrogens is 304 g/mol. The summed E-state index contributed by atoms with van der Waals surface area (Å²) in [5.74, 6) is -0.375. The average molecular weight is 324 g/mol. The fourth-order valence-corrected chi connectivity index (χ4v) is 2.55. The van der Waals surface area contributed by atoms with Crippen LogP contribution in [0.4, 0.5) is 0 Å². The molecule has 24 heavy (non-hydrogen) atoms. The highest BCUT2D eigenvalue weighted by atomic mass is 16.6. The second-order valence-corrected chi connectivity index (χ2v) is 5.67. The summed E-state index contributed by atoms with van der Waals surface area (Å²) in [4.78, 5) is 12.3. The summed E-state index contributed by atoms with van der Waals surface area (Å²) >= 11 is 0. The number of benzene rings is 2. The molecule has 0 bridgehead atoms. The second kappa shape index (κ2) is 7.79. The Hall–Kier alpha value is -2.59. The maximum atomic E-state index is 12.3. The zero-order valence-electron chi connectivity index (χ0n) is 13.5. The molecule has 1 aliphatic rings. The zero-order valence-corrected chi connectivity index (χ0v) is 13.5. The standard InChI is InChI=1S/C20H20O4/c1-15-19(24-20(21)17-10-6-3-7-11-17)18(12-13-22-15)23-14-16-8-4-2-5-9-16/h2-13,15,18-19H,14H2,1H3/t15-,18-,19-/m1/s1. The Bertz CT molecular complexity index is 681. The third-order valence-corrected chi connectivity index (χ3v) is 3.89. The Labute approximate surface area is 141 Å². The maximum absolute atomic E-state index is 12.3. The van der Waals surface area contributed by atoms with Crippen molar-refractivity contribution in [3.8, 4) is 0 Å². The average Bonchev–Trinajstić information content (AvgIpc) is 2.63. The monoisotopic (exact) mass is 324 g/mol. The van der Waals surface area contributed by atoms with E-state index in [1.807, 2.05) is 43.3 Å². The minimum atomic E-state index is -0.494. The highest BCUT2D eigenvalue weighted by molar-refractivity contribution is 5.89. The Morgan fingerprint density at radius 3 is 2.42 bits per heavy atom. The molecule has 1 aliphatic heterocycles. The van der Waals surface area contributed by atoms with Crippen LogP contribution in [-0.2, 0) is 20.8 Å². The molecule has 4 heteroatoms. The van der Waals surface area contributed by atoms with Gasteiger partial charge in [-0.05, 0) is 30.7 Å². The molecule has 0 aliphatic carbocycles. The quantitative estimate of drug-likeness (QED) is 0.786. The van der Waals surface area contributed by atoms with Crippen molar-refractivity contribution in [2.75, 3.05) is 0 Å². The van der Waals surface area contributed by atoms with Crippen molar-refractivity contribution in [1.29, 1.82) is 0 Å². The molecule has 0 saturated heterocycles. The van der Waals surface area contributed by atoms with E-state index < -0.39 is 6.10 Å². The molecule has 2 aromatic carbocycles. The third-order valence-electron chi connectivity index (χ3n) is 3.89. The van der Waals surface area contributed by atoms with Crippen LogP contribution in [-0.4, -0.2) is 24.3 Å². The summed E-state index contributed by atoms with van der Waals surface area (Å²) < 4.78 is 17.1. The van der Waals surface area contributed by atoms with E-state index in [2.05, 4.69) is 0 Å². The fourth-order valence-electron chi connectivity index (χ4n) is 2.55. The minimum Gasteiger partial charge on any atom is -0.495 e. The van der Waals surface area contributed by atoms with Gasteiger partial charge in [0.2, 0.25) is 0 Å². The summed E-state index contributed by atoms with van der Waals surface area (Å²) in [6, 6.07) is 18.8. The van der Waals surface area contributed by atoms with E-state index in [0.717, 1.165) is 5.56 Å². The van der Waals surface area contributed by atoms with E-state index in [9.17, 15) is 4.79 Å². The van der Waals surface area contributed by atoms with E-state index in [-0.39, 0.29) is 18.2 Å². The van der Waals surface area contributed by atoms with Crippen molar-refractivity contribution >= 4 is 5.97 Å². The van der Waals surface area contributed by atoms with Crippen molar-refractivity contribution in [2.24, 2.45) is 0 Å². The van der Waals surface area contributed by atoms with Crippen molar-refractivity contribution in [3.63, 3.8) is 0 Å². The molecular formula is C20H20O4. The van der Waals surface area contributed by atoms with Crippen LogP contribution in [0.1, 0.15) is 22.8 Å². The molecule has 124 valence electrons. The van der Waals surface area contributed by atoms with E-state index in [4.69, 9.17) is 14.2 Å². The number of esters is 1. The molecule has 0 aromatic heterocycles. The number of carbonyl (C=O) groups is 1. The van der Waals surface area contributed by atoms with E-state index >= 15 is 0 Å². The minimum absolute atomic E-state index is 0.275. The number of carbonyl (C=O) groups excluding carboxylic acids is 1. The van der Waals surface area contributed by atoms with Gasteiger partial charge >= 0.3 is 5.97 Å². The van der Waals surface area contributed by atoms with Crippen molar-refractivity contribution in [3.05, 3.63) is 84.1 Å². The van der Waals surface area contributed by atoms with Crippen LogP contribution in [0.25, 0.3) is 0 Å². The smallest absolute Gasteiger partial charge is 0.338 e. The molecule has 3 rings (SSSR count). The van der Waals surface area contributed by atoms with Crippen LogP contribution in [0.5, 0.6) is 0 Å². The van der Waals surface area contributed by atoms with Gasteiger partial charge in [0.05, 0.1) is 18.4 Å². The van der Waals surface area contributed by atoms with Crippen molar-refractivity contribution < 1.29 is 19.0 Å². The Morgan fingerprint density at radius 1 is 1.04 bits per heavy atom. The van der Waals surface area contributed by atoms with E-state index in [0.29, 0.717) is 12.2 Å². The van der Waals surface area contributed by atoms with Crippen LogP contribution in [0, 0.1) is 0 Å². The predicted octanol–water partition coefficient (Wildman–Crippen LogP) is 3.73. The maximum Gasteiger partial charge on any atom is 0.338 e. The lowest BCUT2D eigenvalue weighted by molar-refractivity contribution is -0.0961. The van der Waals surface area contributed by atoms with E-state index in [1.165, 1.54) is 0 Å². The van der Waals surface area contributed by atoms with Gasteiger partial charge in [-0.15, -0.1) is 0 Å². The number of hydrogen-bond acceptors (Lipinski definition) is 4. The molecule has 0 spiro atoms. The normalized spacial score (nSPS) is 22.6. The van der Waals surface area contributed by atoms with Crippen LogP contribution in [0.15, 0.2) is 73.0 Å². The van der Waals surface area contributed by atoms with Gasteiger partial charge in [-0.3, -0.25) is 0 Å². The first kappa shape index (κ1) is 16.3. The molecule has 0 fully saturated rings. The molecule has 0 radical (unpaired) electrons. The predicted molar refractivity (Wildman–Crippen MR) is 90.4 cm³/mol. The highest BCUT2D eigenvalue weighted by Crippen LogP contribution is 2.21. The van der Waals surface area contributed by atoms with Gasteiger partial charge in [0, 0.05) is 0 Å². The first-order valence-electron chi connectivity index (χ1n) is 7.98. The largest absolute Gasteiger partial charge is 0.495 e. The van der Waals surface area contributed by atoms with Crippen LogP contribution in [0.3, 0.4) is 0 Å². The Balaban J connectivity index is 1.66. The number of hydrogen-bond donors (Lipinski definition) is 0. The van der Waals surface area contributed by atoms with Gasteiger partial charge in [-0.2, -0.15) is 0 Å². The van der Waals surface area contributed by atoms with Crippen molar-refractivity contribution in [1.82, 2.24) is 0 Å². The van der Waals surface area contributed by atoms with E-state index in [1.54, 1.807) is 36.6 Å². The van der Waals surface area contributed by atoms with Gasteiger partial charge in [0.15, 0.2) is 6.10 Å². The second-order valence-electron chi connectivity index (χ2n) is 5.67. The Kier molecular flexibility index (Phi) is 5.29. The number of rotatable bonds is 5. The summed E-state index contributed by atoms with van der Waals surface area (Å²) in [6.45, 7) is 2.31. The van der Waals surface area contributed by atoms with Gasteiger partial charge < -0.3 is 14.2 Å². The molecule has 0 N–H and O–H groups in total. The topological polar surface area (TPSA) is 44.8 Å². The van der Waals surface area contributed by atoms with Gasteiger partial charge in [0.1, 0.15) is 12.2 Å². The fraction of sp³-hybridized carbons (Fsp3) is 0.250. The SMILES string of the molecule is C[C@H]1OC=C[C@@H](OCc2ccccc2)[C@@H]1OC(=O)c1ccccc1. The van der Waals surface area contributed by atoms with Crippen LogP contribution >= 0.6 is 0 Å². The summed E-state index contributed by atoms with van der Waals surface area (Å²) in [6.07, 6.45) is 2.27. The molecule has 0 unspecified atom stereocenters. The lowest BCUT2D eigenvalue weighted by atomic mass is 10.1. The van der Waals surface area contributed by atoms with Gasteiger partial charge in [-0.1, -0.05) is 48.5 Å². The summed E-state index contributed by atoms with van der Waals surface area (Å²) in [7, 11) is 0. The first-order chi connectivity index (χ1) is 11.7. The molecule has 2 aromatic rings. The lowest BCUT2D eigenvalue weighted by Crippen LogP contribution is -2.43. The number of ether oxygens (including phenoxy) is 3. The van der Waals surface area contributed by atoms with Crippen LogP contribution in [0.2, 0.25) is 0 Å². The lowest BCUT2D eigenvalue weighted by Gasteiger charge is -2.32. The van der Waals surface area contributed by atoms with Gasteiger partial charge in [0.25, 0.3) is 0 Å². The molecule has 1 heterocycles. The Morgan fingerprint density at radius 2 is 1.71 bits per heavy atom. The molecule has 0 saturated carbocycles. The summed E-state index contributed by atoms with van der Waals surface area (Å²) in [5.41, 5.74) is 1.58. The molecule has 0 amide bonds. The summed E-state index contributed by atoms with van der Waals surface area (Å²) in [5, 5.41) is 0. The highest BCUT2D eigenvalue weighted by Gasteiger charge is 2.33. The van der Waals surface area contributed by atoms with Crippen molar-refractivity contribution in [2.45, 2.75) is 31.8 Å². The zero-order chi connectivity index (χ0) is 16.8.